The van der Waals surface area contributed by atoms with Crippen LogP contribution in [-0.2, 0) is 9.47 Å². The molecule has 0 aromatic carbocycles. The fourth-order valence-corrected chi connectivity index (χ4v) is 19.3. The van der Waals surface area contributed by atoms with Crippen molar-refractivity contribution in [3.8, 4) is 0 Å². The average Bonchev–Trinajstić information content (AvgIpc) is 2.60. The van der Waals surface area contributed by atoms with Crippen molar-refractivity contribution in [2.24, 2.45) is 0 Å². The van der Waals surface area contributed by atoms with Gasteiger partial charge < -0.3 is 0 Å². The molecule has 0 saturated heterocycles. The molecule has 24 heavy (non-hydrogen) atoms. The van der Waals surface area contributed by atoms with Gasteiger partial charge in [0.2, 0.25) is 0 Å². The van der Waals surface area contributed by atoms with Gasteiger partial charge in [-0.15, -0.1) is 0 Å². The molecule has 3 heteroatoms. The zero-order valence-electron chi connectivity index (χ0n) is 17.5. The van der Waals surface area contributed by atoms with Gasteiger partial charge in [-0.1, -0.05) is 0 Å². The van der Waals surface area contributed by atoms with E-state index >= 15 is 0 Å². The van der Waals surface area contributed by atoms with E-state index in [9.17, 15) is 0 Å². The van der Waals surface area contributed by atoms with Crippen LogP contribution in [0, 0.1) is 0 Å². The van der Waals surface area contributed by atoms with Crippen molar-refractivity contribution in [3.63, 3.8) is 0 Å². The molecule has 0 radical (unpaired) electrons. The summed E-state index contributed by atoms with van der Waals surface area (Å²) in [7, 11) is 0. The summed E-state index contributed by atoms with van der Waals surface area (Å²) in [6.07, 6.45) is 12.9. The van der Waals surface area contributed by atoms with Gasteiger partial charge in [-0.25, -0.2) is 0 Å². The molecule has 0 rings (SSSR count). The van der Waals surface area contributed by atoms with Gasteiger partial charge in [0.05, 0.1) is 0 Å². The minimum absolute atomic E-state index is 0.210. The molecule has 0 N–H and O–H groups in total. The standard InChI is InChI=1S/C9H19O2.3C4H9.Sn/c1-3-5-7-10-9-11-8-6-4-2;3*1-3-4-2;/h9H,3-8H2,1-2H3;3*1,3-4H2,2H3;. The third kappa shape index (κ3) is 10.7. The molecule has 0 heterocycles. The Labute approximate surface area is 157 Å². The third-order valence-corrected chi connectivity index (χ3v) is 20.5. The minimum atomic E-state index is -2.43. The predicted octanol–water partition coefficient (Wildman–Crippen LogP) is 7.33. The molecule has 0 saturated carbocycles. The molecule has 0 aromatic heterocycles. The number of hydrogen-bond acceptors (Lipinski definition) is 2. The van der Waals surface area contributed by atoms with Gasteiger partial charge in [0, 0.05) is 0 Å². The van der Waals surface area contributed by atoms with E-state index in [0.717, 1.165) is 13.2 Å². The first kappa shape index (κ1) is 24.7. The van der Waals surface area contributed by atoms with Crippen molar-refractivity contribution < 1.29 is 9.47 Å². The average molecular weight is 449 g/mol. The summed E-state index contributed by atoms with van der Waals surface area (Å²) < 4.78 is 17.5. The second kappa shape index (κ2) is 17.1. The molecule has 2 nitrogen and oxygen atoms in total. The van der Waals surface area contributed by atoms with Crippen molar-refractivity contribution in [2.45, 2.75) is 116 Å². The zero-order valence-corrected chi connectivity index (χ0v) is 20.4. The Morgan fingerprint density at radius 2 is 0.875 bits per heavy atom. The Hall–Kier alpha value is 0.719. The summed E-state index contributed by atoms with van der Waals surface area (Å²) in [4.78, 5) is 0. The molecule has 0 aliphatic rings. The number of ether oxygens (including phenoxy) is 2. The van der Waals surface area contributed by atoms with Crippen LogP contribution in [0.4, 0.5) is 0 Å². The predicted molar refractivity (Wildman–Crippen MR) is 110 cm³/mol. The first-order valence-corrected chi connectivity index (χ1v) is 18.6. The number of rotatable bonds is 18. The molecule has 146 valence electrons. The molecule has 0 atom stereocenters. The second-order valence-corrected chi connectivity index (χ2v) is 20.9. The van der Waals surface area contributed by atoms with Crippen LogP contribution in [-0.4, -0.2) is 35.9 Å². The summed E-state index contributed by atoms with van der Waals surface area (Å²) in [5.41, 5.74) is 0. The van der Waals surface area contributed by atoms with Crippen LogP contribution in [0.3, 0.4) is 0 Å². The summed E-state index contributed by atoms with van der Waals surface area (Å²) in [6, 6.07) is 0. The zero-order chi connectivity index (χ0) is 18.1. The van der Waals surface area contributed by atoms with E-state index in [0.29, 0.717) is 0 Å². The maximum absolute atomic E-state index is 6.46. The molecular weight excluding hydrogens is 403 g/mol. The number of hydrogen-bond donors (Lipinski definition) is 0. The van der Waals surface area contributed by atoms with E-state index in [4.69, 9.17) is 9.47 Å². The van der Waals surface area contributed by atoms with Crippen LogP contribution in [0.25, 0.3) is 0 Å². The number of unbranched alkanes of at least 4 members (excludes halogenated alkanes) is 5. The van der Waals surface area contributed by atoms with Gasteiger partial charge in [0.1, 0.15) is 0 Å². The molecule has 0 unspecified atom stereocenters. The Morgan fingerprint density at radius 1 is 0.542 bits per heavy atom. The monoisotopic (exact) mass is 450 g/mol. The normalized spacial score (nSPS) is 12.2. The van der Waals surface area contributed by atoms with Crippen LogP contribution >= 0.6 is 0 Å². The summed E-state index contributed by atoms with van der Waals surface area (Å²) in [5.74, 6) is 0. The van der Waals surface area contributed by atoms with Gasteiger partial charge in [-0.2, -0.15) is 0 Å². The molecule has 0 aliphatic heterocycles. The van der Waals surface area contributed by atoms with E-state index in [-0.39, 0.29) is 4.31 Å². The van der Waals surface area contributed by atoms with Gasteiger partial charge in [0.15, 0.2) is 0 Å². The molecule has 0 spiro atoms. The van der Waals surface area contributed by atoms with E-state index in [1.807, 2.05) is 0 Å². The fourth-order valence-electron chi connectivity index (χ4n) is 3.39. The topological polar surface area (TPSA) is 18.5 Å². The van der Waals surface area contributed by atoms with Crippen LogP contribution in [0.1, 0.15) is 98.8 Å². The first-order chi connectivity index (χ1) is 11.7. The van der Waals surface area contributed by atoms with Crippen LogP contribution in [0.5, 0.6) is 0 Å². The SMILES string of the molecule is CCCCO[CH](OCCCC)[Sn]([CH2]CCC)([CH2]CCC)[CH2]CCC. The van der Waals surface area contributed by atoms with Crippen molar-refractivity contribution in [2.75, 3.05) is 13.2 Å². The third-order valence-electron chi connectivity index (χ3n) is 5.12. The van der Waals surface area contributed by atoms with Gasteiger partial charge >= 0.3 is 158 Å². The molecule has 0 aliphatic carbocycles. The Balaban J connectivity index is 5.16. The fraction of sp³-hybridized carbons (Fsp3) is 1.00. The first-order valence-electron chi connectivity index (χ1n) is 10.9. The molecule has 0 amide bonds. The maximum atomic E-state index is 6.46. The van der Waals surface area contributed by atoms with E-state index in [2.05, 4.69) is 34.6 Å². The summed E-state index contributed by atoms with van der Waals surface area (Å²) in [5, 5.41) is 0. The van der Waals surface area contributed by atoms with Gasteiger partial charge in [-0.3, -0.25) is 0 Å². The van der Waals surface area contributed by atoms with Crippen molar-refractivity contribution in [1.29, 1.82) is 0 Å². The summed E-state index contributed by atoms with van der Waals surface area (Å²) in [6.45, 7) is 13.3. The van der Waals surface area contributed by atoms with E-state index < -0.39 is 18.4 Å². The van der Waals surface area contributed by atoms with Gasteiger partial charge in [0.25, 0.3) is 0 Å². The Kier molecular flexibility index (Phi) is 17.7. The van der Waals surface area contributed by atoms with E-state index in [1.54, 1.807) is 0 Å². The molecule has 0 aromatic rings. The van der Waals surface area contributed by atoms with Crippen LogP contribution in [0.2, 0.25) is 13.3 Å². The molecule has 0 bridgehead atoms. The molecular formula is C21H46O2Sn. The quantitative estimate of drug-likeness (QED) is 0.124. The molecule has 0 fully saturated rings. The summed E-state index contributed by atoms with van der Waals surface area (Å²) >= 11 is -2.43. The second-order valence-electron chi connectivity index (χ2n) is 7.45. The Morgan fingerprint density at radius 3 is 1.17 bits per heavy atom. The van der Waals surface area contributed by atoms with Gasteiger partial charge in [-0.05, 0) is 0 Å². The van der Waals surface area contributed by atoms with Crippen LogP contribution in [0.15, 0.2) is 0 Å². The van der Waals surface area contributed by atoms with E-state index in [1.165, 1.54) is 77.5 Å². The van der Waals surface area contributed by atoms with Crippen molar-refractivity contribution >= 4 is 18.4 Å². The van der Waals surface area contributed by atoms with Crippen molar-refractivity contribution in [3.05, 3.63) is 0 Å². The van der Waals surface area contributed by atoms with Crippen LogP contribution < -0.4 is 0 Å². The van der Waals surface area contributed by atoms with Crippen molar-refractivity contribution in [1.82, 2.24) is 0 Å². The Bertz CT molecular complexity index is 226.